The number of nitrogens with zero attached hydrogens (tertiary/aromatic N) is 2. The molecule has 1 heterocycles. The highest BCUT2D eigenvalue weighted by molar-refractivity contribution is 5.40. The smallest absolute Gasteiger partial charge is 0.274 e. The Balaban J connectivity index is 2.26. The van der Waals surface area contributed by atoms with Gasteiger partial charge in [-0.1, -0.05) is 0 Å². The molecule has 0 fully saturated rings. The SMILES string of the molecule is NCCc1ccn(Cc2cc(F)ccc2[N+](=O)[O-])c1. The molecule has 0 bridgehead atoms. The van der Waals surface area contributed by atoms with Crippen molar-refractivity contribution in [1.82, 2.24) is 4.57 Å². The van der Waals surface area contributed by atoms with Crippen molar-refractivity contribution in [2.45, 2.75) is 13.0 Å². The van der Waals surface area contributed by atoms with Gasteiger partial charge in [-0.25, -0.2) is 4.39 Å². The lowest BCUT2D eigenvalue weighted by molar-refractivity contribution is -0.385. The first-order chi connectivity index (χ1) is 9.10. The molecule has 19 heavy (non-hydrogen) atoms. The van der Waals surface area contributed by atoms with E-state index in [0.29, 0.717) is 12.1 Å². The molecule has 2 aromatic rings. The molecular formula is C13H14FN3O2. The zero-order chi connectivity index (χ0) is 13.8. The van der Waals surface area contributed by atoms with Gasteiger partial charge in [0.1, 0.15) is 5.82 Å². The van der Waals surface area contributed by atoms with Crippen LogP contribution in [-0.2, 0) is 13.0 Å². The lowest BCUT2D eigenvalue weighted by Gasteiger charge is -2.04. The molecule has 0 aliphatic rings. The van der Waals surface area contributed by atoms with Gasteiger partial charge in [-0.15, -0.1) is 0 Å². The van der Waals surface area contributed by atoms with E-state index in [0.717, 1.165) is 18.1 Å². The third-order valence-electron chi connectivity index (χ3n) is 2.84. The summed E-state index contributed by atoms with van der Waals surface area (Å²) < 4.78 is 15.0. The van der Waals surface area contributed by atoms with Crippen molar-refractivity contribution in [1.29, 1.82) is 0 Å². The minimum absolute atomic E-state index is 0.0736. The number of aromatic nitrogens is 1. The van der Waals surface area contributed by atoms with Gasteiger partial charge in [0.2, 0.25) is 0 Å². The minimum Gasteiger partial charge on any atom is -0.349 e. The van der Waals surface area contributed by atoms with Crippen molar-refractivity contribution in [3.05, 3.63) is 63.7 Å². The summed E-state index contributed by atoms with van der Waals surface area (Å²) in [7, 11) is 0. The van der Waals surface area contributed by atoms with E-state index in [9.17, 15) is 14.5 Å². The Bertz CT molecular complexity index is 595. The number of nitrogens with two attached hydrogens (primary N) is 1. The fourth-order valence-electron chi connectivity index (χ4n) is 1.96. The number of benzene rings is 1. The van der Waals surface area contributed by atoms with Crippen molar-refractivity contribution in [3.63, 3.8) is 0 Å². The summed E-state index contributed by atoms with van der Waals surface area (Å²) in [5.41, 5.74) is 6.79. The summed E-state index contributed by atoms with van der Waals surface area (Å²) in [6.45, 7) is 0.808. The Morgan fingerprint density at radius 1 is 1.37 bits per heavy atom. The van der Waals surface area contributed by atoms with Crippen molar-refractivity contribution in [3.8, 4) is 0 Å². The molecule has 1 aromatic carbocycles. The molecule has 0 unspecified atom stereocenters. The second-order valence-corrected chi connectivity index (χ2v) is 4.26. The summed E-state index contributed by atoms with van der Waals surface area (Å²) >= 11 is 0. The van der Waals surface area contributed by atoms with E-state index >= 15 is 0 Å². The van der Waals surface area contributed by atoms with Crippen LogP contribution in [0.3, 0.4) is 0 Å². The monoisotopic (exact) mass is 263 g/mol. The highest BCUT2D eigenvalue weighted by Crippen LogP contribution is 2.21. The van der Waals surface area contributed by atoms with Gasteiger partial charge in [-0.2, -0.15) is 0 Å². The van der Waals surface area contributed by atoms with Crippen LogP contribution in [0.25, 0.3) is 0 Å². The molecule has 2 N–H and O–H groups in total. The highest BCUT2D eigenvalue weighted by Gasteiger charge is 2.14. The summed E-state index contributed by atoms with van der Waals surface area (Å²) in [5, 5.41) is 10.9. The molecule has 2 rings (SSSR count). The fourth-order valence-corrected chi connectivity index (χ4v) is 1.96. The van der Waals surface area contributed by atoms with Crippen LogP contribution < -0.4 is 5.73 Å². The first-order valence-corrected chi connectivity index (χ1v) is 5.87. The van der Waals surface area contributed by atoms with Crippen LogP contribution >= 0.6 is 0 Å². The van der Waals surface area contributed by atoms with Gasteiger partial charge in [0.25, 0.3) is 5.69 Å². The maximum Gasteiger partial charge on any atom is 0.274 e. The Labute approximate surface area is 109 Å². The predicted octanol–water partition coefficient (Wildman–Crippen LogP) is 2.08. The van der Waals surface area contributed by atoms with Crippen LogP contribution in [0.1, 0.15) is 11.1 Å². The Morgan fingerprint density at radius 2 is 2.16 bits per heavy atom. The molecular weight excluding hydrogens is 249 g/mol. The molecule has 0 atom stereocenters. The Morgan fingerprint density at radius 3 is 2.84 bits per heavy atom. The number of hydrogen-bond donors (Lipinski definition) is 1. The molecule has 0 spiro atoms. The van der Waals surface area contributed by atoms with E-state index in [1.807, 2.05) is 12.3 Å². The first kappa shape index (κ1) is 13.2. The third-order valence-corrected chi connectivity index (χ3v) is 2.84. The summed E-state index contributed by atoms with van der Waals surface area (Å²) in [6, 6.07) is 5.38. The van der Waals surface area contributed by atoms with E-state index in [2.05, 4.69) is 0 Å². The summed E-state index contributed by atoms with van der Waals surface area (Å²) in [5.74, 6) is -0.477. The number of nitro groups is 1. The minimum atomic E-state index is -0.501. The third kappa shape index (κ3) is 3.17. The van der Waals surface area contributed by atoms with Crippen molar-refractivity contribution < 1.29 is 9.31 Å². The molecule has 6 heteroatoms. The van der Waals surface area contributed by atoms with Crippen molar-refractivity contribution >= 4 is 5.69 Å². The van der Waals surface area contributed by atoms with E-state index in [1.54, 1.807) is 10.8 Å². The van der Waals surface area contributed by atoms with Crippen LogP contribution in [0.4, 0.5) is 10.1 Å². The quantitative estimate of drug-likeness (QED) is 0.663. The van der Waals surface area contributed by atoms with Crippen LogP contribution in [0.2, 0.25) is 0 Å². The Kier molecular flexibility index (Phi) is 3.91. The average molecular weight is 263 g/mol. The zero-order valence-corrected chi connectivity index (χ0v) is 10.3. The second kappa shape index (κ2) is 5.62. The van der Waals surface area contributed by atoms with Gasteiger partial charge in [0, 0.05) is 18.5 Å². The molecule has 0 saturated heterocycles. The van der Waals surface area contributed by atoms with Crippen molar-refractivity contribution in [2.75, 3.05) is 6.54 Å². The van der Waals surface area contributed by atoms with E-state index < -0.39 is 10.7 Å². The molecule has 1 aromatic heterocycles. The number of nitro benzene ring substituents is 1. The van der Waals surface area contributed by atoms with E-state index in [4.69, 9.17) is 5.73 Å². The zero-order valence-electron chi connectivity index (χ0n) is 10.3. The number of halogens is 1. The predicted molar refractivity (Wildman–Crippen MR) is 69.3 cm³/mol. The van der Waals surface area contributed by atoms with Crippen LogP contribution in [0.5, 0.6) is 0 Å². The molecule has 0 radical (unpaired) electrons. The molecule has 0 amide bonds. The maximum atomic E-state index is 13.2. The lowest BCUT2D eigenvalue weighted by Crippen LogP contribution is -2.03. The second-order valence-electron chi connectivity index (χ2n) is 4.26. The maximum absolute atomic E-state index is 13.2. The summed E-state index contributed by atoms with van der Waals surface area (Å²) in [4.78, 5) is 10.4. The average Bonchev–Trinajstić information content (AvgIpc) is 2.77. The van der Waals surface area contributed by atoms with Crippen molar-refractivity contribution in [2.24, 2.45) is 5.73 Å². The van der Waals surface area contributed by atoms with Crippen LogP contribution in [0.15, 0.2) is 36.7 Å². The van der Waals surface area contributed by atoms with Crippen LogP contribution in [0, 0.1) is 15.9 Å². The first-order valence-electron chi connectivity index (χ1n) is 5.87. The lowest BCUT2D eigenvalue weighted by atomic mass is 10.1. The molecule has 0 aliphatic heterocycles. The molecule has 0 saturated carbocycles. The fraction of sp³-hybridized carbons (Fsp3) is 0.231. The largest absolute Gasteiger partial charge is 0.349 e. The van der Waals surface area contributed by atoms with Gasteiger partial charge >= 0.3 is 0 Å². The standard InChI is InChI=1S/C13H14FN3O2/c14-12-1-2-13(17(18)19)11(7-12)9-16-6-4-10(8-16)3-5-15/h1-2,4,6-8H,3,5,9,15H2. The number of rotatable bonds is 5. The van der Waals surface area contributed by atoms with E-state index in [1.165, 1.54) is 12.1 Å². The molecule has 100 valence electrons. The molecule has 0 aliphatic carbocycles. The van der Waals surface area contributed by atoms with Gasteiger partial charge in [0.15, 0.2) is 0 Å². The summed E-state index contributed by atoms with van der Waals surface area (Å²) in [6.07, 6.45) is 4.42. The highest BCUT2D eigenvalue weighted by atomic mass is 19.1. The van der Waals surface area contributed by atoms with Gasteiger partial charge in [-0.05, 0) is 36.7 Å². The van der Waals surface area contributed by atoms with E-state index in [-0.39, 0.29) is 12.2 Å². The normalized spacial score (nSPS) is 10.6. The van der Waals surface area contributed by atoms with Gasteiger partial charge in [0.05, 0.1) is 17.0 Å². The van der Waals surface area contributed by atoms with Gasteiger partial charge < -0.3 is 10.3 Å². The Hall–Kier alpha value is -2.21. The molecule has 5 nitrogen and oxygen atoms in total. The van der Waals surface area contributed by atoms with Gasteiger partial charge in [-0.3, -0.25) is 10.1 Å². The topological polar surface area (TPSA) is 74.1 Å². The van der Waals surface area contributed by atoms with Crippen LogP contribution in [-0.4, -0.2) is 16.0 Å². The number of hydrogen-bond acceptors (Lipinski definition) is 3.